The summed E-state index contributed by atoms with van der Waals surface area (Å²) in [6, 6.07) is 13.9. The molecule has 1 N–H and O–H groups in total. The van der Waals surface area contributed by atoms with E-state index in [-0.39, 0.29) is 4.90 Å². The predicted octanol–water partition coefficient (Wildman–Crippen LogP) is 2.67. The lowest BCUT2D eigenvalue weighted by atomic mass is 10.1. The maximum absolute atomic E-state index is 12.7. The molecule has 0 amide bonds. The van der Waals surface area contributed by atoms with Crippen LogP contribution < -0.4 is 14.2 Å². The number of para-hydroxylation sites is 1. The van der Waals surface area contributed by atoms with Gasteiger partial charge in [0.1, 0.15) is 11.5 Å². The molecule has 5 nitrogen and oxygen atoms in total. The first kappa shape index (κ1) is 15.8. The van der Waals surface area contributed by atoms with Gasteiger partial charge in [-0.25, -0.2) is 13.1 Å². The average Bonchev–Trinajstić information content (AvgIpc) is 3.34. The molecule has 122 valence electrons. The maximum Gasteiger partial charge on any atom is 0.241 e. The van der Waals surface area contributed by atoms with Gasteiger partial charge in [0.25, 0.3) is 0 Å². The minimum Gasteiger partial charge on any atom is -0.497 e. The second-order valence-electron chi connectivity index (χ2n) is 5.56. The monoisotopic (exact) mass is 333 g/mol. The van der Waals surface area contributed by atoms with Crippen LogP contribution in [0.5, 0.6) is 11.5 Å². The van der Waals surface area contributed by atoms with E-state index in [4.69, 9.17) is 9.47 Å². The fourth-order valence-electron chi connectivity index (χ4n) is 2.66. The first-order chi connectivity index (χ1) is 11.0. The van der Waals surface area contributed by atoms with Crippen LogP contribution in [0.4, 0.5) is 0 Å². The highest BCUT2D eigenvalue weighted by Crippen LogP contribution is 2.49. The molecule has 2 aromatic carbocycles. The summed E-state index contributed by atoms with van der Waals surface area (Å²) in [5.74, 6) is 1.32. The Balaban J connectivity index is 1.90. The van der Waals surface area contributed by atoms with Crippen molar-refractivity contribution in [2.75, 3.05) is 14.2 Å². The summed E-state index contributed by atoms with van der Waals surface area (Å²) in [4.78, 5) is 0.222. The van der Waals surface area contributed by atoms with Gasteiger partial charge >= 0.3 is 0 Å². The molecule has 1 saturated carbocycles. The standard InChI is InChI=1S/C17H19NO4S/c1-21-13-7-9-14(10-8-13)23(19,20)18-17(11-12-17)15-5-3-4-6-16(15)22-2/h3-10,18H,11-12H2,1-2H3. The van der Waals surface area contributed by atoms with Crippen molar-refractivity contribution in [3.8, 4) is 11.5 Å². The summed E-state index contributed by atoms with van der Waals surface area (Å²) >= 11 is 0. The summed E-state index contributed by atoms with van der Waals surface area (Å²) in [5.41, 5.74) is 0.297. The van der Waals surface area contributed by atoms with E-state index >= 15 is 0 Å². The Hall–Kier alpha value is -2.05. The molecule has 0 radical (unpaired) electrons. The molecule has 3 rings (SSSR count). The third-order valence-corrected chi connectivity index (χ3v) is 5.62. The molecule has 1 fully saturated rings. The van der Waals surface area contributed by atoms with Gasteiger partial charge in [-0.1, -0.05) is 18.2 Å². The zero-order valence-corrected chi connectivity index (χ0v) is 13.9. The fourth-order valence-corrected chi connectivity index (χ4v) is 4.10. The topological polar surface area (TPSA) is 64.6 Å². The molecule has 0 bridgehead atoms. The molecule has 23 heavy (non-hydrogen) atoms. The molecule has 0 unspecified atom stereocenters. The van der Waals surface area contributed by atoms with Gasteiger partial charge < -0.3 is 9.47 Å². The van der Waals surface area contributed by atoms with Gasteiger partial charge in [-0.2, -0.15) is 0 Å². The van der Waals surface area contributed by atoms with E-state index in [1.165, 1.54) is 0 Å². The van der Waals surface area contributed by atoms with Crippen LogP contribution in [0, 0.1) is 0 Å². The summed E-state index contributed by atoms with van der Waals surface area (Å²) in [6.45, 7) is 0. The predicted molar refractivity (Wildman–Crippen MR) is 87.2 cm³/mol. The molecule has 2 aromatic rings. The first-order valence-corrected chi connectivity index (χ1v) is 8.81. The molecule has 0 spiro atoms. The summed E-state index contributed by atoms with van der Waals surface area (Å²) in [5, 5.41) is 0. The number of sulfonamides is 1. The SMILES string of the molecule is COc1ccc(S(=O)(=O)NC2(c3ccccc3OC)CC2)cc1. The zero-order chi connectivity index (χ0) is 16.5. The summed E-state index contributed by atoms with van der Waals surface area (Å²) < 4.78 is 38.6. The van der Waals surface area contributed by atoms with Crippen molar-refractivity contribution in [2.45, 2.75) is 23.3 Å². The largest absolute Gasteiger partial charge is 0.497 e. The quantitative estimate of drug-likeness (QED) is 0.883. The first-order valence-electron chi connectivity index (χ1n) is 7.32. The normalized spacial score (nSPS) is 15.9. The summed E-state index contributed by atoms with van der Waals surface area (Å²) in [6.07, 6.45) is 1.51. The van der Waals surface area contributed by atoms with Crippen molar-refractivity contribution in [3.63, 3.8) is 0 Å². The van der Waals surface area contributed by atoms with Gasteiger partial charge in [-0.15, -0.1) is 0 Å². The van der Waals surface area contributed by atoms with Crippen LogP contribution in [-0.2, 0) is 15.6 Å². The highest BCUT2D eigenvalue weighted by molar-refractivity contribution is 7.89. The molecular weight excluding hydrogens is 314 g/mol. The van der Waals surface area contributed by atoms with Crippen LogP contribution in [0.3, 0.4) is 0 Å². The van der Waals surface area contributed by atoms with Gasteiger partial charge in [0.05, 0.1) is 24.7 Å². The molecule has 0 heterocycles. The van der Waals surface area contributed by atoms with Crippen LogP contribution in [0.2, 0.25) is 0 Å². The summed E-state index contributed by atoms with van der Waals surface area (Å²) in [7, 11) is -0.480. The Morgan fingerprint density at radius 2 is 1.61 bits per heavy atom. The van der Waals surface area contributed by atoms with Crippen LogP contribution in [0.1, 0.15) is 18.4 Å². The van der Waals surface area contributed by atoms with E-state index in [1.54, 1.807) is 38.5 Å². The van der Waals surface area contributed by atoms with E-state index in [1.807, 2.05) is 24.3 Å². The Bertz CT molecular complexity index is 796. The van der Waals surface area contributed by atoms with Crippen LogP contribution in [0.25, 0.3) is 0 Å². The molecule has 6 heteroatoms. The lowest BCUT2D eigenvalue weighted by Crippen LogP contribution is -2.35. The Labute approximate surface area is 136 Å². The minimum absolute atomic E-state index is 0.222. The van der Waals surface area contributed by atoms with E-state index in [0.717, 1.165) is 18.4 Å². The van der Waals surface area contributed by atoms with E-state index in [2.05, 4.69) is 4.72 Å². The Morgan fingerprint density at radius 1 is 0.957 bits per heavy atom. The van der Waals surface area contributed by atoms with Gasteiger partial charge in [0.15, 0.2) is 0 Å². The van der Waals surface area contributed by atoms with Gasteiger partial charge in [0, 0.05) is 5.56 Å². The van der Waals surface area contributed by atoms with Crippen molar-refractivity contribution < 1.29 is 17.9 Å². The lowest BCUT2D eigenvalue weighted by molar-refractivity contribution is 0.401. The van der Waals surface area contributed by atoms with Gasteiger partial charge in [-0.05, 0) is 43.2 Å². The third-order valence-electron chi connectivity index (χ3n) is 4.07. The van der Waals surface area contributed by atoms with Crippen molar-refractivity contribution in [1.29, 1.82) is 0 Å². The van der Waals surface area contributed by atoms with Crippen molar-refractivity contribution in [3.05, 3.63) is 54.1 Å². The van der Waals surface area contributed by atoms with Gasteiger partial charge in [0.2, 0.25) is 10.0 Å². The number of methoxy groups -OCH3 is 2. The van der Waals surface area contributed by atoms with Crippen LogP contribution in [-0.4, -0.2) is 22.6 Å². The number of hydrogen-bond acceptors (Lipinski definition) is 4. The van der Waals surface area contributed by atoms with E-state index in [0.29, 0.717) is 11.5 Å². The number of rotatable bonds is 6. The number of hydrogen-bond donors (Lipinski definition) is 1. The van der Waals surface area contributed by atoms with Crippen molar-refractivity contribution in [2.24, 2.45) is 0 Å². The minimum atomic E-state index is -3.61. The van der Waals surface area contributed by atoms with Crippen LogP contribution in [0.15, 0.2) is 53.4 Å². The number of benzene rings is 2. The second kappa shape index (κ2) is 5.86. The second-order valence-corrected chi connectivity index (χ2v) is 7.25. The zero-order valence-electron chi connectivity index (χ0n) is 13.1. The average molecular weight is 333 g/mol. The molecule has 0 aromatic heterocycles. The fraction of sp³-hybridized carbons (Fsp3) is 0.294. The molecule has 1 aliphatic carbocycles. The third kappa shape index (κ3) is 3.04. The molecular formula is C17H19NO4S. The van der Waals surface area contributed by atoms with Crippen molar-refractivity contribution >= 4 is 10.0 Å². The number of nitrogens with one attached hydrogen (secondary N) is 1. The highest BCUT2D eigenvalue weighted by atomic mass is 32.2. The highest BCUT2D eigenvalue weighted by Gasteiger charge is 2.49. The van der Waals surface area contributed by atoms with Crippen molar-refractivity contribution in [1.82, 2.24) is 4.72 Å². The van der Waals surface area contributed by atoms with Gasteiger partial charge in [-0.3, -0.25) is 0 Å². The molecule has 1 aliphatic rings. The molecule has 0 aliphatic heterocycles. The number of ether oxygens (including phenoxy) is 2. The lowest BCUT2D eigenvalue weighted by Gasteiger charge is -2.20. The molecule has 0 atom stereocenters. The van der Waals surface area contributed by atoms with Crippen LogP contribution >= 0.6 is 0 Å². The van der Waals surface area contributed by atoms with E-state index < -0.39 is 15.6 Å². The smallest absolute Gasteiger partial charge is 0.241 e. The Kier molecular flexibility index (Phi) is 4.04. The maximum atomic E-state index is 12.7. The Morgan fingerprint density at radius 3 is 2.17 bits per heavy atom. The molecule has 0 saturated heterocycles. The van der Waals surface area contributed by atoms with E-state index in [9.17, 15) is 8.42 Å².